The van der Waals surface area contributed by atoms with Gasteiger partial charge in [0.05, 0.1) is 18.3 Å². The minimum absolute atomic E-state index is 0.0493. The highest BCUT2D eigenvalue weighted by Crippen LogP contribution is 2.28. The second-order valence-electron chi connectivity index (χ2n) is 5.91. The number of aryl methyl sites for hydroxylation is 1. The van der Waals surface area contributed by atoms with E-state index in [4.69, 9.17) is 14.6 Å². The minimum atomic E-state index is -0.0493. The fourth-order valence-electron chi connectivity index (χ4n) is 2.60. The molecule has 142 valence electrons. The number of benzene rings is 1. The first kappa shape index (κ1) is 17.7. The van der Waals surface area contributed by atoms with Gasteiger partial charge in [0.15, 0.2) is 5.82 Å². The Bertz CT molecular complexity index is 1080. The van der Waals surface area contributed by atoms with Crippen LogP contribution in [0.25, 0.3) is 10.9 Å². The van der Waals surface area contributed by atoms with Gasteiger partial charge in [0.2, 0.25) is 5.88 Å². The standard InChI is InChI=1S/C19H18N6O3/c1-25-7-6-17(24-25)23-19-15-10-13(2-4-16(15)21-12-22-19)28-18-5-3-14(11-20-18)27-9-8-26/h2-7,10-12,26H,8-9H2,1H3,(H,21,22,23,24). The summed E-state index contributed by atoms with van der Waals surface area (Å²) in [6.07, 6.45) is 4.89. The summed E-state index contributed by atoms with van der Waals surface area (Å²) in [5, 5.41) is 17.1. The molecule has 3 aromatic heterocycles. The maximum Gasteiger partial charge on any atom is 0.219 e. The molecule has 0 fully saturated rings. The summed E-state index contributed by atoms with van der Waals surface area (Å²) in [5.74, 6) is 2.91. The van der Waals surface area contributed by atoms with Crippen LogP contribution in [0.3, 0.4) is 0 Å². The van der Waals surface area contributed by atoms with E-state index in [-0.39, 0.29) is 13.2 Å². The fraction of sp³-hybridized carbons (Fsp3) is 0.158. The average molecular weight is 378 g/mol. The highest BCUT2D eigenvalue weighted by molar-refractivity contribution is 5.91. The second kappa shape index (κ2) is 7.89. The Morgan fingerprint density at radius 3 is 2.71 bits per heavy atom. The van der Waals surface area contributed by atoms with Crippen LogP contribution in [0.1, 0.15) is 0 Å². The number of hydrogen-bond donors (Lipinski definition) is 2. The van der Waals surface area contributed by atoms with Crippen molar-refractivity contribution in [2.45, 2.75) is 0 Å². The average Bonchev–Trinajstić information content (AvgIpc) is 3.12. The number of nitrogens with one attached hydrogen (secondary N) is 1. The molecule has 0 atom stereocenters. The first-order valence-electron chi connectivity index (χ1n) is 8.60. The number of pyridine rings is 1. The summed E-state index contributed by atoms with van der Waals surface area (Å²) in [6.45, 7) is 0.172. The lowest BCUT2D eigenvalue weighted by Crippen LogP contribution is -2.01. The van der Waals surface area contributed by atoms with Crippen LogP contribution in [0, 0.1) is 0 Å². The summed E-state index contributed by atoms with van der Waals surface area (Å²) in [6, 6.07) is 10.8. The molecule has 9 heteroatoms. The second-order valence-corrected chi connectivity index (χ2v) is 5.91. The van der Waals surface area contributed by atoms with Gasteiger partial charge in [0, 0.05) is 30.8 Å². The summed E-state index contributed by atoms with van der Waals surface area (Å²) in [5.41, 5.74) is 0.779. The van der Waals surface area contributed by atoms with E-state index >= 15 is 0 Å². The molecular formula is C19H18N6O3. The van der Waals surface area contributed by atoms with Gasteiger partial charge >= 0.3 is 0 Å². The van der Waals surface area contributed by atoms with Gasteiger partial charge < -0.3 is 19.9 Å². The number of aromatic nitrogens is 5. The smallest absolute Gasteiger partial charge is 0.219 e. The molecule has 4 aromatic rings. The van der Waals surface area contributed by atoms with Crippen LogP contribution in [0.4, 0.5) is 11.6 Å². The van der Waals surface area contributed by atoms with Crippen LogP contribution in [0.2, 0.25) is 0 Å². The van der Waals surface area contributed by atoms with Crippen molar-refractivity contribution in [3.05, 3.63) is 55.1 Å². The lowest BCUT2D eigenvalue weighted by atomic mass is 10.2. The van der Waals surface area contributed by atoms with Crippen molar-refractivity contribution in [3.8, 4) is 17.4 Å². The Hall–Kier alpha value is -3.72. The molecule has 9 nitrogen and oxygen atoms in total. The zero-order valence-electron chi connectivity index (χ0n) is 15.1. The largest absolute Gasteiger partial charge is 0.490 e. The molecule has 0 aliphatic heterocycles. The van der Waals surface area contributed by atoms with Crippen LogP contribution < -0.4 is 14.8 Å². The number of ether oxygens (including phenoxy) is 2. The van der Waals surface area contributed by atoms with Gasteiger partial charge in [0.1, 0.15) is 30.3 Å². The molecule has 0 bridgehead atoms. The van der Waals surface area contributed by atoms with Gasteiger partial charge in [0.25, 0.3) is 0 Å². The molecule has 2 N–H and O–H groups in total. The quantitative estimate of drug-likeness (QED) is 0.505. The number of anilines is 2. The monoisotopic (exact) mass is 378 g/mol. The van der Waals surface area contributed by atoms with Gasteiger partial charge in [-0.1, -0.05) is 0 Å². The lowest BCUT2D eigenvalue weighted by molar-refractivity contribution is 0.201. The molecule has 28 heavy (non-hydrogen) atoms. The Morgan fingerprint density at radius 2 is 1.96 bits per heavy atom. The van der Waals surface area contributed by atoms with Gasteiger partial charge in [-0.25, -0.2) is 15.0 Å². The number of rotatable bonds is 7. The number of aliphatic hydroxyl groups excluding tert-OH is 1. The summed E-state index contributed by atoms with van der Waals surface area (Å²) in [7, 11) is 1.85. The SMILES string of the molecule is Cn1ccc(Nc2ncnc3ccc(Oc4ccc(OCCO)cn4)cc23)n1. The first-order chi connectivity index (χ1) is 13.7. The number of nitrogens with zero attached hydrogens (tertiary/aromatic N) is 5. The van der Waals surface area contributed by atoms with Crippen LogP contribution in [0.15, 0.2) is 55.1 Å². The molecule has 0 saturated carbocycles. The Balaban J connectivity index is 1.57. The third-order valence-corrected chi connectivity index (χ3v) is 3.86. The van der Waals surface area contributed by atoms with Crippen molar-refractivity contribution in [2.24, 2.45) is 7.05 Å². The van der Waals surface area contributed by atoms with Crippen molar-refractivity contribution in [1.29, 1.82) is 0 Å². The summed E-state index contributed by atoms with van der Waals surface area (Å²) < 4.78 is 12.8. The third-order valence-electron chi connectivity index (χ3n) is 3.86. The van der Waals surface area contributed by atoms with Crippen molar-refractivity contribution in [2.75, 3.05) is 18.5 Å². The van der Waals surface area contributed by atoms with E-state index in [0.717, 1.165) is 10.9 Å². The van der Waals surface area contributed by atoms with Crippen LogP contribution >= 0.6 is 0 Å². The fourth-order valence-corrected chi connectivity index (χ4v) is 2.60. The van der Waals surface area contributed by atoms with Gasteiger partial charge in [-0.3, -0.25) is 4.68 Å². The van der Waals surface area contributed by atoms with E-state index in [0.29, 0.717) is 29.0 Å². The summed E-state index contributed by atoms with van der Waals surface area (Å²) >= 11 is 0. The molecule has 0 unspecified atom stereocenters. The van der Waals surface area contributed by atoms with Gasteiger partial charge in [-0.05, 0) is 24.3 Å². The maximum atomic E-state index is 8.79. The van der Waals surface area contributed by atoms with Gasteiger partial charge in [-0.15, -0.1) is 0 Å². The number of hydrogen-bond acceptors (Lipinski definition) is 8. The van der Waals surface area contributed by atoms with Crippen LogP contribution in [0.5, 0.6) is 17.4 Å². The molecule has 0 saturated heterocycles. The minimum Gasteiger partial charge on any atom is -0.490 e. The molecule has 0 radical (unpaired) electrons. The lowest BCUT2D eigenvalue weighted by Gasteiger charge is -2.09. The van der Waals surface area contributed by atoms with Crippen LogP contribution in [-0.4, -0.2) is 43.1 Å². The van der Waals surface area contributed by atoms with Crippen LogP contribution in [-0.2, 0) is 7.05 Å². The highest BCUT2D eigenvalue weighted by Gasteiger charge is 2.08. The molecule has 4 rings (SSSR count). The molecule has 0 aliphatic carbocycles. The predicted octanol–water partition coefficient (Wildman–Crippen LogP) is 2.67. The molecular weight excluding hydrogens is 360 g/mol. The van der Waals surface area contributed by atoms with Crippen molar-refractivity contribution >= 4 is 22.5 Å². The van der Waals surface area contributed by atoms with Crippen molar-refractivity contribution < 1.29 is 14.6 Å². The van der Waals surface area contributed by atoms with Gasteiger partial charge in [-0.2, -0.15) is 5.10 Å². The van der Waals surface area contributed by atoms with Crippen molar-refractivity contribution in [3.63, 3.8) is 0 Å². The maximum absolute atomic E-state index is 8.79. The number of aliphatic hydroxyl groups is 1. The van der Waals surface area contributed by atoms with E-state index < -0.39 is 0 Å². The Morgan fingerprint density at radius 1 is 1.07 bits per heavy atom. The molecule has 0 spiro atoms. The summed E-state index contributed by atoms with van der Waals surface area (Å²) in [4.78, 5) is 12.8. The van der Waals surface area contributed by atoms with E-state index in [1.165, 1.54) is 6.33 Å². The van der Waals surface area contributed by atoms with E-state index in [2.05, 4.69) is 25.4 Å². The zero-order chi connectivity index (χ0) is 19.3. The molecule has 0 amide bonds. The number of fused-ring (bicyclic) bond motifs is 1. The molecule has 0 aliphatic rings. The molecule has 1 aromatic carbocycles. The zero-order valence-corrected chi connectivity index (χ0v) is 15.1. The molecule has 3 heterocycles. The first-order valence-corrected chi connectivity index (χ1v) is 8.60. The predicted molar refractivity (Wildman–Crippen MR) is 103 cm³/mol. The van der Waals surface area contributed by atoms with E-state index in [9.17, 15) is 0 Å². The van der Waals surface area contributed by atoms with E-state index in [1.807, 2.05) is 37.5 Å². The third kappa shape index (κ3) is 3.99. The Labute approximate surface area is 160 Å². The van der Waals surface area contributed by atoms with Crippen molar-refractivity contribution in [1.82, 2.24) is 24.7 Å². The topological polar surface area (TPSA) is 107 Å². The normalized spacial score (nSPS) is 10.8. The highest BCUT2D eigenvalue weighted by atomic mass is 16.5. The Kier molecular flexibility index (Phi) is 4.98. The van der Waals surface area contributed by atoms with E-state index in [1.54, 1.807) is 23.0 Å².